The van der Waals surface area contributed by atoms with Crippen molar-refractivity contribution in [1.29, 1.82) is 0 Å². The standard InChI is InChI=1S/C12H6N4O/c1-2-13-5-10-8(1)11-9(17-10)3-7-4-14-6-15-12(7)16-11/h1-6H. The maximum Gasteiger partial charge on any atom is 0.163 e. The Labute approximate surface area is 95.1 Å². The molecule has 5 heteroatoms. The number of hydrogen-bond donors (Lipinski definition) is 0. The van der Waals surface area contributed by atoms with Gasteiger partial charge in [-0.3, -0.25) is 4.98 Å². The lowest BCUT2D eigenvalue weighted by Gasteiger charge is -1.94. The zero-order valence-electron chi connectivity index (χ0n) is 8.66. The van der Waals surface area contributed by atoms with E-state index in [4.69, 9.17) is 4.42 Å². The first-order chi connectivity index (χ1) is 8.42. The maximum absolute atomic E-state index is 5.68. The van der Waals surface area contributed by atoms with E-state index in [2.05, 4.69) is 19.9 Å². The second-order valence-corrected chi connectivity index (χ2v) is 3.74. The van der Waals surface area contributed by atoms with Gasteiger partial charge in [0.25, 0.3) is 0 Å². The minimum Gasteiger partial charge on any atom is -0.453 e. The van der Waals surface area contributed by atoms with Crippen molar-refractivity contribution < 1.29 is 4.42 Å². The Hall–Kier alpha value is -2.56. The summed E-state index contributed by atoms with van der Waals surface area (Å²) in [5.41, 5.74) is 2.95. The lowest BCUT2D eigenvalue weighted by Crippen LogP contribution is -1.84. The molecule has 0 radical (unpaired) electrons. The summed E-state index contributed by atoms with van der Waals surface area (Å²) in [7, 11) is 0. The highest BCUT2D eigenvalue weighted by Crippen LogP contribution is 2.27. The monoisotopic (exact) mass is 222 g/mol. The van der Waals surface area contributed by atoms with E-state index < -0.39 is 0 Å². The predicted octanol–water partition coefficient (Wildman–Crippen LogP) is 2.32. The first kappa shape index (κ1) is 8.58. The molecule has 0 atom stereocenters. The van der Waals surface area contributed by atoms with Gasteiger partial charge in [-0.2, -0.15) is 0 Å². The van der Waals surface area contributed by atoms with Crippen LogP contribution in [0.2, 0.25) is 0 Å². The molecule has 5 nitrogen and oxygen atoms in total. The van der Waals surface area contributed by atoms with Gasteiger partial charge in [0.1, 0.15) is 11.8 Å². The van der Waals surface area contributed by atoms with Crippen molar-refractivity contribution in [2.45, 2.75) is 0 Å². The van der Waals surface area contributed by atoms with E-state index in [1.807, 2.05) is 12.1 Å². The molecule has 0 aromatic carbocycles. The lowest BCUT2D eigenvalue weighted by molar-refractivity contribution is 0.666. The highest BCUT2D eigenvalue weighted by molar-refractivity contribution is 6.04. The Balaban J connectivity index is 2.28. The molecule has 0 bridgehead atoms. The maximum atomic E-state index is 5.68. The normalized spacial score (nSPS) is 11.5. The zero-order chi connectivity index (χ0) is 11.2. The van der Waals surface area contributed by atoms with Crippen molar-refractivity contribution in [3.05, 3.63) is 37.1 Å². The molecule has 0 aliphatic heterocycles. The number of hydrogen-bond acceptors (Lipinski definition) is 5. The van der Waals surface area contributed by atoms with E-state index in [-0.39, 0.29) is 0 Å². The molecule has 0 unspecified atom stereocenters. The molecule has 0 aliphatic carbocycles. The Morgan fingerprint density at radius 3 is 3.06 bits per heavy atom. The second-order valence-electron chi connectivity index (χ2n) is 3.74. The molecule has 17 heavy (non-hydrogen) atoms. The summed E-state index contributed by atoms with van der Waals surface area (Å²) in [5.74, 6) is 0. The van der Waals surface area contributed by atoms with Gasteiger partial charge in [0.05, 0.1) is 6.20 Å². The highest BCUT2D eigenvalue weighted by Gasteiger charge is 2.09. The highest BCUT2D eigenvalue weighted by atomic mass is 16.3. The third-order valence-electron chi connectivity index (χ3n) is 2.72. The first-order valence-corrected chi connectivity index (χ1v) is 5.15. The second kappa shape index (κ2) is 2.98. The van der Waals surface area contributed by atoms with E-state index in [9.17, 15) is 0 Å². The Bertz CT molecular complexity index is 847. The summed E-state index contributed by atoms with van der Waals surface area (Å²) < 4.78 is 5.68. The van der Waals surface area contributed by atoms with E-state index >= 15 is 0 Å². The van der Waals surface area contributed by atoms with Crippen LogP contribution in [0.4, 0.5) is 0 Å². The summed E-state index contributed by atoms with van der Waals surface area (Å²) in [6.07, 6.45) is 6.63. The number of nitrogens with zero attached hydrogens (tertiary/aromatic N) is 4. The van der Waals surface area contributed by atoms with Gasteiger partial charge in [-0.15, -0.1) is 0 Å². The van der Waals surface area contributed by atoms with Crippen LogP contribution in [-0.2, 0) is 0 Å². The molecular weight excluding hydrogens is 216 g/mol. The van der Waals surface area contributed by atoms with Crippen LogP contribution in [0.1, 0.15) is 0 Å². The fourth-order valence-corrected chi connectivity index (χ4v) is 1.95. The van der Waals surface area contributed by atoms with Crippen LogP contribution in [0, 0.1) is 0 Å². The Morgan fingerprint density at radius 2 is 2.06 bits per heavy atom. The van der Waals surface area contributed by atoms with Crippen molar-refractivity contribution in [2.75, 3.05) is 0 Å². The zero-order valence-corrected chi connectivity index (χ0v) is 8.66. The average molecular weight is 222 g/mol. The summed E-state index contributed by atoms with van der Waals surface area (Å²) in [6, 6.07) is 3.79. The molecule has 0 spiro atoms. The van der Waals surface area contributed by atoms with Gasteiger partial charge in [0, 0.05) is 23.2 Å². The minimum absolute atomic E-state index is 0.673. The average Bonchev–Trinajstić information content (AvgIpc) is 2.73. The van der Waals surface area contributed by atoms with Crippen molar-refractivity contribution in [3.63, 3.8) is 0 Å². The van der Waals surface area contributed by atoms with Crippen LogP contribution in [0.5, 0.6) is 0 Å². The molecule has 4 aromatic heterocycles. The van der Waals surface area contributed by atoms with E-state index in [1.165, 1.54) is 6.33 Å². The Morgan fingerprint density at radius 1 is 1.06 bits per heavy atom. The largest absolute Gasteiger partial charge is 0.453 e. The van der Waals surface area contributed by atoms with Crippen molar-refractivity contribution in [2.24, 2.45) is 0 Å². The third-order valence-corrected chi connectivity index (χ3v) is 2.72. The summed E-state index contributed by atoms with van der Waals surface area (Å²) in [4.78, 5) is 16.6. The number of rotatable bonds is 0. The van der Waals surface area contributed by atoms with E-state index in [0.29, 0.717) is 5.65 Å². The van der Waals surface area contributed by atoms with Gasteiger partial charge in [-0.05, 0) is 12.1 Å². The minimum atomic E-state index is 0.673. The van der Waals surface area contributed by atoms with Gasteiger partial charge in [-0.1, -0.05) is 0 Å². The van der Waals surface area contributed by atoms with Crippen molar-refractivity contribution >= 4 is 33.1 Å². The van der Waals surface area contributed by atoms with Crippen LogP contribution < -0.4 is 0 Å². The number of aromatic nitrogens is 4. The smallest absolute Gasteiger partial charge is 0.163 e. The van der Waals surface area contributed by atoms with Crippen LogP contribution in [0.25, 0.3) is 33.1 Å². The number of fused-ring (bicyclic) bond motifs is 4. The van der Waals surface area contributed by atoms with Gasteiger partial charge in [0.2, 0.25) is 0 Å². The molecular formula is C12H6N4O. The predicted molar refractivity (Wildman–Crippen MR) is 62.4 cm³/mol. The van der Waals surface area contributed by atoms with Crippen molar-refractivity contribution in [1.82, 2.24) is 19.9 Å². The first-order valence-electron chi connectivity index (χ1n) is 5.15. The fraction of sp³-hybridized carbons (Fsp3) is 0. The molecule has 0 amide bonds. The van der Waals surface area contributed by atoms with Gasteiger partial charge in [-0.25, -0.2) is 15.0 Å². The fourth-order valence-electron chi connectivity index (χ4n) is 1.95. The van der Waals surface area contributed by atoms with Crippen LogP contribution in [-0.4, -0.2) is 19.9 Å². The SMILES string of the molecule is c1cc2c(cn1)oc1cc3cncnc3nc12. The van der Waals surface area contributed by atoms with E-state index in [0.717, 1.165) is 27.5 Å². The number of pyridine rings is 2. The topological polar surface area (TPSA) is 64.7 Å². The molecule has 0 saturated carbocycles. The van der Waals surface area contributed by atoms with Crippen LogP contribution in [0.3, 0.4) is 0 Å². The van der Waals surface area contributed by atoms with Gasteiger partial charge in [0.15, 0.2) is 16.8 Å². The molecule has 80 valence electrons. The molecule has 4 heterocycles. The molecule has 0 fully saturated rings. The summed E-state index contributed by atoms with van der Waals surface area (Å²) in [5, 5.41) is 1.82. The molecule has 0 N–H and O–H groups in total. The van der Waals surface area contributed by atoms with Crippen molar-refractivity contribution in [3.8, 4) is 0 Å². The summed E-state index contributed by atoms with van der Waals surface area (Å²) in [6.45, 7) is 0. The van der Waals surface area contributed by atoms with Gasteiger partial charge >= 0.3 is 0 Å². The lowest BCUT2D eigenvalue weighted by atomic mass is 10.2. The quantitative estimate of drug-likeness (QED) is 0.456. The number of furan rings is 1. The Kier molecular flexibility index (Phi) is 1.50. The third kappa shape index (κ3) is 1.13. The summed E-state index contributed by atoms with van der Waals surface area (Å²) >= 11 is 0. The van der Waals surface area contributed by atoms with Crippen LogP contribution >= 0.6 is 0 Å². The molecule has 0 saturated heterocycles. The van der Waals surface area contributed by atoms with Crippen LogP contribution in [0.15, 0.2) is 41.5 Å². The molecule has 4 rings (SSSR count). The van der Waals surface area contributed by atoms with E-state index in [1.54, 1.807) is 18.6 Å². The van der Waals surface area contributed by atoms with Gasteiger partial charge < -0.3 is 4.42 Å². The molecule has 4 aromatic rings. The molecule has 0 aliphatic rings.